The number of aromatic nitrogens is 1. The number of carbonyl (C=O) groups is 2. The number of aromatic amines is 1. The fourth-order valence-corrected chi connectivity index (χ4v) is 2.22. The topological polar surface area (TPSA) is 113 Å². The maximum Gasteiger partial charge on any atom is 0.303 e. The molecule has 2 N–H and O–H groups in total. The monoisotopic (exact) mass is 290 g/mol. The molecular formula is C14H14N2O5. The van der Waals surface area contributed by atoms with Gasteiger partial charge in [0.25, 0.3) is 5.69 Å². The largest absolute Gasteiger partial charge is 0.481 e. The van der Waals surface area contributed by atoms with Crippen LogP contribution in [0.5, 0.6) is 0 Å². The highest BCUT2D eigenvalue weighted by molar-refractivity contribution is 6.09. The second-order valence-electron chi connectivity index (χ2n) is 4.68. The lowest BCUT2D eigenvalue weighted by Crippen LogP contribution is -2.00. The number of nitrogens with one attached hydrogen (secondary N) is 1. The fraction of sp³-hybridized carbons (Fsp3) is 0.286. The second-order valence-corrected chi connectivity index (χ2v) is 4.68. The number of aliphatic carboxylic acids is 1. The number of hydrogen-bond donors (Lipinski definition) is 2. The van der Waals surface area contributed by atoms with Crippen molar-refractivity contribution >= 4 is 28.3 Å². The van der Waals surface area contributed by atoms with E-state index in [0.29, 0.717) is 29.3 Å². The Morgan fingerprint density at radius 1 is 1.24 bits per heavy atom. The first-order valence-electron chi connectivity index (χ1n) is 6.50. The van der Waals surface area contributed by atoms with Crippen molar-refractivity contribution in [1.82, 2.24) is 4.98 Å². The summed E-state index contributed by atoms with van der Waals surface area (Å²) in [6, 6.07) is 4.57. The summed E-state index contributed by atoms with van der Waals surface area (Å²) in [6.45, 7) is 0. The van der Waals surface area contributed by atoms with Gasteiger partial charge in [0.05, 0.1) is 4.92 Å². The molecule has 0 bridgehead atoms. The summed E-state index contributed by atoms with van der Waals surface area (Å²) in [5.41, 5.74) is 0.665. The molecule has 0 unspecified atom stereocenters. The first kappa shape index (κ1) is 14.7. The van der Waals surface area contributed by atoms with E-state index in [2.05, 4.69) is 4.98 Å². The average Bonchev–Trinajstić information content (AvgIpc) is 2.86. The van der Waals surface area contributed by atoms with Gasteiger partial charge in [0.15, 0.2) is 5.78 Å². The summed E-state index contributed by atoms with van der Waals surface area (Å²) in [7, 11) is 0. The Labute approximate surface area is 119 Å². The van der Waals surface area contributed by atoms with E-state index in [1.807, 2.05) is 0 Å². The van der Waals surface area contributed by atoms with Gasteiger partial charge in [-0.15, -0.1) is 0 Å². The molecule has 0 aliphatic carbocycles. The molecule has 7 heteroatoms. The van der Waals surface area contributed by atoms with E-state index in [-0.39, 0.29) is 24.3 Å². The Kier molecular flexibility index (Phi) is 4.32. The molecular weight excluding hydrogens is 276 g/mol. The Morgan fingerprint density at radius 2 is 1.95 bits per heavy atom. The van der Waals surface area contributed by atoms with Gasteiger partial charge in [0, 0.05) is 36.1 Å². The van der Waals surface area contributed by atoms with Gasteiger partial charge in [-0.2, -0.15) is 0 Å². The van der Waals surface area contributed by atoms with Gasteiger partial charge in [0.1, 0.15) is 5.52 Å². The van der Waals surface area contributed by atoms with E-state index in [1.165, 1.54) is 18.3 Å². The van der Waals surface area contributed by atoms with Crippen molar-refractivity contribution < 1.29 is 19.6 Å². The molecule has 0 amide bonds. The van der Waals surface area contributed by atoms with Gasteiger partial charge in [-0.25, -0.2) is 0 Å². The third-order valence-corrected chi connectivity index (χ3v) is 3.24. The summed E-state index contributed by atoms with van der Waals surface area (Å²) in [5, 5.41) is 20.0. The molecule has 0 atom stereocenters. The first-order valence-corrected chi connectivity index (χ1v) is 6.50. The smallest absolute Gasteiger partial charge is 0.303 e. The molecule has 2 rings (SSSR count). The van der Waals surface area contributed by atoms with Gasteiger partial charge in [-0.3, -0.25) is 19.7 Å². The lowest BCUT2D eigenvalue weighted by atomic mass is 10.0. The van der Waals surface area contributed by atoms with E-state index in [4.69, 9.17) is 5.11 Å². The van der Waals surface area contributed by atoms with E-state index in [0.717, 1.165) is 0 Å². The minimum absolute atomic E-state index is 0.0344. The molecule has 0 radical (unpaired) electrons. The predicted molar refractivity (Wildman–Crippen MR) is 75.4 cm³/mol. The first-order chi connectivity index (χ1) is 10.0. The molecule has 0 saturated heterocycles. The minimum Gasteiger partial charge on any atom is -0.481 e. The van der Waals surface area contributed by atoms with Crippen molar-refractivity contribution in [2.45, 2.75) is 25.7 Å². The highest BCUT2D eigenvalue weighted by atomic mass is 16.6. The maximum atomic E-state index is 12.1. The number of H-pyrrole nitrogens is 1. The molecule has 1 aromatic carbocycles. The van der Waals surface area contributed by atoms with Crippen molar-refractivity contribution in [3.05, 3.63) is 40.1 Å². The number of carboxylic acids is 1. The predicted octanol–water partition coefficient (Wildman–Crippen LogP) is 2.90. The van der Waals surface area contributed by atoms with Crippen LogP contribution in [0.15, 0.2) is 24.4 Å². The zero-order valence-corrected chi connectivity index (χ0v) is 11.2. The highest BCUT2D eigenvalue weighted by Gasteiger charge is 2.18. The molecule has 0 aliphatic rings. The van der Waals surface area contributed by atoms with Gasteiger partial charge in [-0.1, -0.05) is 12.1 Å². The molecule has 0 spiro atoms. The molecule has 0 saturated carbocycles. The second kappa shape index (κ2) is 6.17. The number of ketones is 1. The third-order valence-electron chi connectivity index (χ3n) is 3.24. The van der Waals surface area contributed by atoms with Crippen molar-refractivity contribution in [3.63, 3.8) is 0 Å². The van der Waals surface area contributed by atoms with Crippen LogP contribution in [-0.2, 0) is 4.79 Å². The Morgan fingerprint density at radius 3 is 2.62 bits per heavy atom. The SMILES string of the molecule is O=C(O)CCCCC(=O)c1c[nH]c2c([N+](=O)[O-])cccc12. The van der Waals surface area contributed by atoms with Crippen molar-refractivity contribution in [2.24, 2.45) is 0 Å². The van der Waals surface area contributed by atoms with Crippen LogP contribution in [0.2, 0.25) is 0 Å². The third kappa shape index (κ3) is 3.25. The number of para-hydroxylation sites is 1. The van der Waals surface area contributed by atoms with E-state index in [1.54, 1.807) is 6.07 Å². The summed E-state index contributed by atoms with van der Waals surface area (Å²) in [6.07, 6.45) is 2.64. The van der Waals surface area contributed by atoms with E-state index >= 15 is 0 Å². The summed E-state index contributed by atoms with van der Waals surface area (Å²) < 4.78 is 0. The van der Waals surface area contributed by atoms with E-state index in [9.17, 15) is 19.7 Å². The van der Waals surface area contributed by atoms with Crippen molar-refractivity contribution in [1.29, 1.82) is 0 Å². The van der Waals surface area contributed by atoms with Crippen molar-refractivity contribution in [2.75, 3.05) is 0 Å². The fourth-order valence-electron chi connectivity index (χ4n) is 2.22. The zero-order chi connectivity index (χ0) is 15.4. The summed E-state index contributed by atoms with van der Waals surface area (Å²) in [4.78, 5) is 35.7. The molecule has 1 heterocycles. The number of fused-ring (bicyclic) bond motifs is 1. The molecule has 110 valence electrons. The lowest BCUT2D eigenvalue weighted by molar-refractivity contribution is -0.383. The average molecular weight is 290 g/mol. The van der Waals surface area contributed by atoms with Gasteiger partial charge >= 0.3 is 5.97 Å². The van der Waals surface area contributed by atoms with Crippen LogP contribution in [0.1, 0.15) is 36.0 Å². The lowest BCUT2D eigenvalue weighted by Gasteiger charge is -1.99. The number of nitro benzene ring substituents is 1. The maximum absolute atomic E-state index is 12.1. The number of non-ortho nitro benzene ring substituents is 1. The van der Waals surface area contributed by atoms with Gasteiger partial charge in [-0.05, 0) is 12.8 Å². The number of rotatable bonds is 7. The number of carbonyl (C=O) groups excluding carboxylic acids is 1. The quantitative estimate of drug-likeness (QED) is 0.352. The number of nitro groups is 1. The van der Waals surface area contributed by atoms with Crippen molar-refractivity contribution in [3.8, 4) is 0 Å². The van der Waals surface area contributed by atoms with Crippen LogP contribution in [0.4, 0.5) is 5.69 Å². The number of Topliss-reactive ketones (excluding diaryl/α,β-unsaturated/α-hetero) is 1. The molecule has 7 nitrogen and oxygen atoms in total. The Balaban J connectivity index is 2.15. The summed E-state index contributed by atoms with van der Waals surface area (Å²) in [5.74, 6) is -1.03. The Hall–Kier alpha value is -2.70. The zero-order valence-electron chi connectivity index (χ0n) is 11.2. The number of hydrogen-bond acceptors (Lipinski definition) is 4. The van der Waals surface area contributed by atoms with Crippen LogP contribution in [0.3, 0.4) is 0 Å². The minimum atomic E-state index is -0.884. The molecule has 0 aliphatic heterocycles. The molecule has 0 fully saturated rings. The van der Waals surface area contributed by atoms with E-state index < -0.39 is 10.9 Å². The van der Waals surface area contributed by atoms with Crippen LogP contribution >= 0.6 is 0 Å². The number of benzene rings is 1. The van der Waals surface area contributed by atoms with Gasteiger partial charge in [0.2, 0.25) is 0 Å². The van der Waals surface area contributed by atoms with Crippen LogP contribution in [-0.4, -0.2) is 26.8 Å². The normalized spacial score (nSPS) is 10.7. The highest BCUT2D eigenvalue weighted by Crippen LogP contribution is 2.27. The van der Waals surface area contributed by atoms with Crippen LogP contribution in [0, 0.1) is 10.1 Å². The number of nitrogens with zero attached hydrogens (tertiary/aromatic N) is 1. The van der Waals surface area contributed by atoms with Crippen LogP contribution < -0.4 is 0 Å². The molecule has 2 aromatic rings. The Bertz CT molecular complexity index is 704. The number of unbranched alkanes of at least 4 members (excludes halogenated alkanes) is 1. The summed E-state index contributed by atoms with van der Waals surface area (Å²) >= 11 is 0. The molecule has 21 heavy (non-hydrogen) atoms. The standard InChI is InChI=1S/C14H14N2O5/c17-12(6-1-2-7-13(18)19)10-8-15-14-9(10)4-3-5-11(14)16(20)21/h3-5,8,15H,1-2,6-7H2,(H,18,19). The number of carboxylic acid groups (broad SMARTS) is 1. The van der Waals surface area contributed by atoms with Crippen LogP contribution in [0.25, 0.3) is 10.9 Å². The van der Waals surface area contributed by atoms with Gasteiger partial charge < -0.3 is 10.1 Å². The molecule has 1 aromatic heterocycles.